The summed E-state index contributed by atoms with van der Waals surface area (Å²) < 4.78 is 37.4. The second-order valence-electron chi connectivity index (χ2n) is 4.20. The molecule has 0 spiro atoms. The second-order valence-corrected chi connectivity index (χ2v) is 4.20. The van der Waals surface area contributed by atoms with Crippen molar-refractivity contribution in [1.82, 2.24) is 5.32 Å². The molecule has 0 saturated heterocycles. The first-order valence-corrected chi connectivity index (χ1v) is 5.51. The minimum atomic E-state index is -4.33. The van der Waals surface area contributed by atoms with Gasteiger partial charge < -0.3 is 11.1 Å². The molecule has 0 saturated carbocycles. The summed E-state index contributed by atoms with van der Waals surface area (Å²) in [6.07, 6.45) is -4.33. The molecular formula is C12H16F3N3. The Labute approximate surface area is 104 Å². The smallest absolute Gasteiger partial charge is 0.370 e. The van der Waals surface area contributed by atoms with E-state index in [1.165, 1.54) is 6.07 Å². The highest BCUT2D eigenvalue weighted by molar-refractivity contribution is 5.78. The maximum Gasteiger partial charge on any atom is 0.416 e. The van der Waals surface area contributed by atoms with Crippen LogP contribution in [0.1, 0.15) is 25.0 Å². The van der Waals surface area contributed by atoms with Gasteiger partial charge in [-0.3, -0.25) is 0 Å². The topological polar surface area (TPSA) is 50.4 Å². The van der Waals surface area contributed by atoms with Crippen LogP contribution in [0.3, 0.4) is 0 Å². The van der Waals surface area contributed by atoms with Crippen molar-refractivity contribution >= 4 is 5.96 Å². The quantitative estimate of drug-likeness (QED) is 0.647. The van der Waals surface area contributed by atoms with E-state index in [0.29, 0.717) is 5.56 Å². The Morgan fingerprint density at radius 2 is 2.06 bits per heavy atom. The zero-order valence-electron chi connectivity index (χ0n) is 10.3. The van der Waals surface area contributed by atoms with Crippen molar-refractivity contribution in [1.29, 1.82) is 0 Å². The lowest BCUT2D eigenvalue weighted by atomic mass is 10.1. The first-order valence-electron chi connectivity index (χ1n) is 5.51. The molecule has 0 unspecified atom stereocenters. The Morgan fingerprint density at radius 3 is 2.61 bits per heavy atom. The zero-order chi connectivity index (χ0) is 13.8. The lowest BCUT2D eigenvalue weighted by molar-refractivity contribution is -0.137. The van der Waals surface area contributed by atoms with E-state index in [1.54, 1.807) is 6.07 Å². The number of aliphatic imine (C=N–C) groups is 1. The third-order valence-electron chi connectivity index (χ3n) is 2.12. The van der Waals surface area contributed by atoms with Crippen LogP contribution in [0, 0.1) is 0 Å². The van der Waals surface area contributed by atoms with Crippen LogP contribution in [-0.4, -0.2) is 12.0 Å². The number of nitrogens with zero attached hydrogens (tertiary/aromatic N) is 1. The molecule has 0 heterocycles. The van der Waals surface area contributed by atoms with Gasteiger partial charge in [0.05, 0.1) is 12.1 Å². The Morgan fingerprint density at radius 1 is 1.39 bits per heavy atom. The van der Waals surface area contributed by atoms with Crippen LogP contribution in [0.15, 0.2) is 29.3 Å². The average Bonchev–Trinajstić information content (AvgIpc) is 2.25. The standard InChI is InChI=1S/C12H16F3N3/c1-8(2)18-11(16)17-7-9-4-3-5-10(6-9)12(13,14)15/h3-6,8H,7H2,1-2H3,(H3,16,17,18). The van der Waals surface area contributed by atoms with Gasteiger partial charge in [-0.25, -0.2) is 4.99 Å². The van der Waals surface area contributed by atoms with E-state index in [9.17, 15) is 13.2 Å². The fourth-order valence-corrected chi connectivity index (χ4v) is 1.36. The van der Waals surface area contributed by atoms with Gasteiger partial charge in [-0.1, -0.05) is 12.1 Å². The van der Waals surface area contributed by atoms with Crippen molar-refractivity contribution in [2.24, 2.45) is 10.7 Å². The second kappa shape index (κ2) is 5.75. The maximum absolute atomic E-state index is 12.5. The SMILES string of the molecule is CC(C)NC(N)=NCc1cccc(C(F)(F)F)c1. The van der Waals surface area contributed by atoms with Crippen molar-refractivity contribution in [3.63, 3.8) is 0 Å². The minimum Gasteiger partial charge on any atom is -0.370 e. The number of hydrogen-bond donors (Lipinski definition) is 2. The predicted octanol–water partition coefficient (Wildman–Crippen LogP) is 2.52. The van der Waals surface area contributed by atoms with Crippen LogP contribution >= 0.6 is 0 Å². The monoisotopic (exact) mass is 259 g/mol. The molecule has 3 nitrogen and oxygen atoms in total. The third-order valence-corrected chi connectivity index (χ3v) is 2.12. The predicted molar refractivity (Wildman–Crippen MR) is 65.0 cm³/mol. The molecule has 6 heteroatoms. The number of rotatable bonds is 3. The van der Waals surface area contributed by atoms with Gasteiger partial charge in [-0.2, -0.15) is 13.2 Å². The van der Waals surface area contributed by atoms with Gasteiger partial charge in [0, 0.05) is 6.04 Å². The summed E-state index contributed by atoms with van der Waals surface area (Å²) in [5, 5.41) is 2.86. The molecule has 0 aliphatic heterocycles. The molecule has 0 aliphatic carbocycles. The van der Waals surface area contributed by atoms with E-state index >= 15 is 0 Å². The summed E-state index contributed by atoms with van der Waals surface area (Å²) >= 11 is 0. The van der Waals surface area contributed by atoms with Crippen LogP contribution in [0.25, 0.3) is 0 Å². The highest BCUT2D eigenvalue weighted by Crippen LogP contribution is 2.29. The molecule has 0 bridgehead atoms. The van der Waals surface area contributed by atoms with Crippen LogP contribution in [0.4, 0.5) is 13.2 Å². The van der Waals surface area contributed by atoms with E-state index < -0.39 is 11.7 Å². The van der Waals surface area contributed by atoms with Gasteiger partial charge in [0.2, 0.25) is 0 Å². The first-order chi connectivity index (χ1) is 8.29. The number of alkyl halides is 3. The number of halogens is 3. The zero-order valence-corrected chi connectivity index (χ0v) is 10.3. The first kappa shape index (κ1) is 14.3. The van der Waals surface area contributed by atoms with Crippen molar-refractivity contribution in [2.75, 3.05) is 0 Å². The van der Waals surface area contributed by atoms with Gasteiger partial charge in [-0.05, 0) is 31.5 Å². The van der Waals surface area contributed by atoms with Gasteiger partial charge >= 0.3 is 6.18 Å². The number of benzene rings is 1. The van der Waals surface area contributed by atoms with E-state index in [4.69, 9.17) is 5.73 Å². The molecule has 0 radical (unpaired) electrons. The Kier molecular flexibility index (Phi) is 4.58. The number of hydrogen-bond acceptors (Lipinski definition) is 1. The van der Waals surface area contributed by atoms with Gasteiger partial charge in [0.1, 0.15) is 0 Å². The van der Waals surface area contributed by atoms with Crippen LogP contribution in [0.5, 0.6) is 0 Å². The van der Waals surface area contributed by atoms with Crippen molar-refractivity contribution in [3.05, 3.63) is 35.4 Å². The summed E-state index contributed by atoms with van der Waals surface area (Å²) in [6.45, 7) is 3.91. The summed E-state index contributed by atoms with van der Waals surface area (Å²) in [5.41, 5.74) is 5.36. The molecule has 0 aliphatic rings. The lowest BCUT2D eigenvalue weighted by Gasteiger charge is -2.09. The Balaban J connectivity index is 2.74. The van der Waals surface area contributed by atoms with Crippen molar-refractivity contribution in [3.8, 4) is 0 Å². The van der Waals surface area contributed by atoms with Gasteiger partial charge in [-0.15, -0.1) is 0 Å². The summed E-state index contributed by atoms with van der Waals surface area (Å²) in [6, 6.07) is 5.19. The van der Waals surface area contributed by atoms with E-state index in [2.05, 4.69) is 10.3 Å². The molecule has 100 valence electrons. The highest BCUT2D eigenvalue weighted by Gasteiger charge is 2.30. The number of guanidine groups is 1. The molecule has 1 rings (SSSR count). The van der Waals surface area contributed by atoms with Crippen LogP contribution in [0.2, 0.25) is 0 Å². The van der Waals surface area contributed by atoms with Crippen LogP contribution < -0.4 is 11.1 Å². The summed E-state index contributed by atoms with van der Waals surface area (Å²) in [4.78, 5) is 3.97. The van der Waals surface area contributed by atoms with Crippen molar-refractivity contribution in [2.45, 2.75) is 32.6 Å². The molecule has 3 N–H and O–H groups in total. The summed E-state index contributed by atoms with van der Waals surface area (Å²) in [7, 11) is 0. The maximum atomic E-state index is 12.5. The summed E-state index contributed by atoms with van der Waals surface area (Å²) in [5.74, 6) is 0.224. The molecule has 18 heavy (non-hydrogen) atoms. The Bertz CT molecular complexity index is 425. The molecule has 1 aromatic carbocycles. The van der Waals surface area contributed by atoms with Crippen molar-refractivity contribution < 1.29 is 13.2 Å². The fraction of sp³-hybridized carbons (Fsp3) is 0.417. The number of nitrogens with one attached hydrogen (secondary N) is 1. The third kappa shape index (κ3) is 4.65. The largest absolute Gasteiger partial charge is 0.416 e. The normalized spacial score (nSPS) is 12.9. The minimum absolute atomic E-state index is 0.121. The fourth-order valence-electron chi connectivity index (χ4n) is 1.36. The highest BCUT2D eigenvalue weighted by atomic mass is 19.4. The molecular weight excluding hydrogens is 243 g/mol. The van der Waals surface area contributed by atoms with Crippen LogP contribution in [-0.2, 0) is 12.7 Å². The Hall–Kier alpha value is -1.72. The van der Waals surface area contributed by atoms with Gasteiger partial charge in [0.25, 0.3) is 0 Å². The molecule has 0 fully saturated rings. The van der Waals surface area contributed by atoms with E-state index in [-0.39, 0.29) is 18.5 Å². The average molecular weight is 259 g/mol. The van der Waals surface area contributed by atoms with E-state index in [0.717, 1.165) is 12.1 Å². The van der Waals surface area contributed by atoms with Gasteiger partial charge in [0.15, 0.2) is 5.96 Å². The lowest BCUT2D eigenvalue weighted by Crippen LogP contribution is -2.36. The molecule has 0 aromatic heterocycles. The van der Waals surface area contributed by atoms with E-state index in [1.807, 2.05) is 13.8 Å². The molecule has 0 atom stereocenters. The molecule has 1 aromatic rings. The molecule has 0 amide bonds. The number of nitrogens with two attached hydrogens (primary N) is 1.